The SMILES string of the molecule is Fc1cc([C@H]2CC[C@H]([C@H]3OC[C@H](C4CCCC4)CO3)CC2)cc(F)c1OC(F)F. The monoisotopic (exact) mass is 416 g/mol. The van der Waals surface area contributed by atoms with Gasteiger partial charge in [-0.25, -0.2) is 8.78 Å². The van der Waals surface area contributed by atoms with Gasteiger partial charge >= 0.3 is 6.61 Å². The Kier molecular flexibility index (Phi) is 6.64. The van der Waals surface area contributed by atoms with Crippen LogP contribution in [-0.2, 0) is 9.47 Å². The largest absolute Gasteiger partial charge is 0.429 e. The zero-order valence-corrected chi connectivity index (χ0v) is 16.4. The lowest BCUT2D eigenvalue weighted by atomic mass is 9.78. The van der Waals surface area contributed by atoms with E-state index in [0.717, 1.165) is 56.9 Å². The van der Waals surface area contributed by atoms with Gasteiger partial charge in [0.05, 0.1) is 13.2 Å². The first-order valence-corrected chi connectivity index (χ1v) is 10.7. The lowest BCUT2D eigenvalue weighted by Crippen LogP contribution is -2.40. The highest BCUT2D eigenvalue weighted by molar-refractivity contribution is 5.33. The molecule has 0 amide bonds. The average molecular weight is 416 g/mol. The molecule has 1 aliphatic heterocycles. The van der Waals surface area contributed by atoms with E-state index in [1.54, 1.807) is 0 Å². The summed E-state index contributed by atoms with van der Waals surface area (Å²) in [5, 5.41) is 0. The lowest BCUT2D eigenvalue weighted by Gasteiger charge is -2.39. The molecule has 1 aromatic carbocycles. The van der Waals surface area contributed by atoms with Gasteiger partial charge in [0, 0.05) is 11.8 Å². The summed E-state index contributed by atoms with van der Waals surface area (Å²) in [6, 6.07) is 2.23. The molecular weight excluding hydrogens is 388 g/mol. The van der Waals surface area contributed by atoms with Crippen LogP contribution in [0.1, 0.15) is 62.8 Å². The van der Waals surface area contributed by atoms with Crippen LogP contribution in [0.5, 0.6) is 5.75 Å². The molecule has 0 aromatic heterocycles. The summed E-state index contributed by atoms with van der Waals surface area (Å²) in [7, 11) is 0. The Morgan fingerprint density at radius 1 is 0.793 bits per heavy atom. The number of hydrogen-bond acceptors (Lipinski definition) is 3. The molecule has 0 spiro atoms. The van der Waals surface area contributed by atoms with Crippen molar-refractivity contribution >= 4 is 0 Å². The third-order valence-corrected chi connectivity index (χ3v) is 6.87. The summed E-state index contributed by atoms with van der Waals surface area (Å²) in [6.07, 6.45) is 8.20. The quantitative estimate of drug-likeness (QED) is 0.550. The van der Waals surface area contributed by atoms with Crippen molar-refractivity contribution in [1.29, 1.82) is 0 Å². The van der Waals surface area contributed by atoms with Crippen molar-refractivity contribution < 1.29 is 31.8 Å². The topological polar surface area (TPSA) is 27.7 Å². The van der Waals surface area contributed by atoms with Gasteiger partial charge in [-0.1, -0.05) is 25.7 Å². The van der Waals surface area contributed by atoms with Crippen LogP contribution in [-0.4, -0.2) is 26.1 Å². The molecule has 1 heterocycles. The minimum absolute atomic E-state index is 0.00863. The maximum absolute atomic E-state index is 14.0. The number of alkyl halides is 2. The van der Waals surface area contributed by atoms with E-state index in [1.165, 1.54) is 25.7 Å². The Morgan fingerprint density at radius 3 is 1.93 bits per heavy atom. The van der Waals surface area contributed by atoms with E-state index in [0.29, 0.717) is 11.5 Å². The second-order valence-corrected chi connectivity index (χ2v) is 8.64. The van der Waals surface area contributed by atoms with Gasteiger partial charge in [0.1, 0.15) is 0 Å². The number of halogens is 4. The summed E-state index contributed by atoms with van der Waals surface area (Å²) in [6.45, 7) is -1.74. The molecule has 0 radical (unpaired) electrons. The fourth-order valence-corrected chi connectivity index (χ4v) is 5.25. The first kappa shape index (κ1) is 20.9. The molecule has 1 aromatic rings. The number of benzene rings is 1. The van der Waals surface area contributed by atoms with Gasteiger partial charge in [-0.2, -0.15) is 8.78 Å². The molecule has 29 heavy (non-hydrogen) atoms. The molecule has 0 unspecified atom stereocenters. The molecule has 3 fully saturated rings. The Bertz CT molecular complexity index is 654. The van der Waals surface area contributed by atoms with Gasteiger partial charge in [0.25, 0.3) is 0 Å². The Labute approximate surface area is 168 Å². The predicted molar refractivity (Wildman–Crippen MR) is 98.8 cm³/mol. The van der Waals surface area contributed by atoms with E-state index in [4.69, 9.17) is 9.47 Å². The highest BCUT2D eigenvalue weighted by Gasteiger charge is 2.36. The van der Waals surface area contributed by atoms with Gasteiger partial charge in [-0.05, 0) is 55.2 Å². The maximum Gasteiger partial charge on any atom is 0.387 e. The molecular formula is C22H28F4O3. The molecule has 0 bridgehead atoms. The highest BCUT2D eigenvalue weighted by Crippen LogP contribution is 2.41. The van der Waals surface area contributed by atoms with Crippen LogP contribution in [0.3, 0.4) is 0 Å². The molecule has 0 atom stereocenters. The van der Waals surface area contributed by atoms with E-state index < -0.39 is 24.0 Å². The standard InChI is InChI=1S/C22H28F4O3/c23-18-9-16(10-19(24)20(18)29-22(25)26)14-5-7-15(8-6-14)21-27-11-17(12-28-21)13-3-1-2-4-13/h9-10,13-15,17,21-22H,1-8,11-12H2/t14-,15-,17-,21-. The van der Waals surface area contributed by atoms with Crippen LogP contribution < -0.4 is 4.74 Å². The Balaban J connectivity index is 1.29. The van der Waals surface area contributed by atoms with Crippen LogP contribution in [0.4, 0.5) is 17.6 Å². The van der Waals surface area contributed by atoms with Gasteiger partial charge in [0.15, 0.2) is 23.7 Å². The summed E-state index contributed by atoms with van der Waals surface area (Å²) in [5.41, 5.74) is 0.492. The molecule has 1 saturated heterocycles. The zero-order chi connectivity index (χ0) is 20.4. The van der Waals surface area contributed by atoms with Crippen molar-refractivity contribution in [3.05, 3.63) is 29.3 Å². The third-order valence-electron chi connectivity index (χ3n) is 6.87. The minimum atomic E-state index is -3.26. The van der Waals surface area contributed by atoms with E-state index in [1.807, 2.05) is 0 Å². The van der Waals surface area contributed by atoms with Crippen LogP contribution >= 0.6 is 0 Å². The van der Waals surface area contributed by atoms with Crippen molar-refractivity contribution in [3.63, 3.8) is 0 Å². The lowest BCUT2D eigenvalue weighted by molar-refractivity contribution is -0.234. The van der Waals surface area contributed by atoms with E-state index in [9.17, 15) is 17.6 Å². The normalized spacial score (nSPS) is 31.3. The minimum Gasteiger partial charge on any atom is -0.429 e. The van der Waals surface area contributed by atoms with Crippen LogP contribution in [0.15, 0.2) is 12.1 Å². The van der Waals surface area contributed by atoms with Gasteiger partial charge in [0.2, 0.25) is 0 Å². The molecule has 162 valence electrons. The molecule has 3 aliphatic rings. The van der Waals surface area contributed by atoms with Crippen LogP contribution in [0, 0.1) is 29.4 Å². The third kappa shape index (κ3) is 4.88. The fourth-order valence-electron chi connectivity index (χ4n) is 5.25. The van der Waals surface area contributed by atoms with Gasteiger partial charge < -0.3 is 14.2 Å². The smallest absolute Gasteiger partial charge is 0.387 e. The summed E-state index contributed by atoms with van der Waals surface area (Å²) in [5.74, 6) is -1.67. The molecule has 0 N–H and O–H groups in total. The molecule has 2 aliphatic carbocycles. The Morgan fingerprint density at radius 2 is 1.38 bits per heavy atom. The van der Waals surface area contributed by atoms with Crippen molar-refractivity contribution in [2.24, 2.45) is 17.8 Å². The van der Waals surface area contributed by atoms with Crippen molar-refractivity contribution in [3.8, 4) is 5.75 Å². The molecule has 3 nitrogen and oxygen atoms in total. The highest BCUT2D eigenvalue weighted by atomic mass is 19.3. The van der Waals surface area contributed by atoms with Gasteiger partial charge in [-0.3, -0.25) is 0 Å². The van der Waals surface area contributed by atoms with Crippen LogP contribution in [0.25, 0.3) is 0 Å². The van der Waals surface area contributed by atoms with E-state index >= 15 is 0 Å². The van der Waals surface area contributed by atoms with Gasteiger partial charge in [-0.15, -0.1) is 0 Å². The fraction of sp³-hybridized carbons (Fsp3) is 0.727. The van der Waals surface area contributed by atoms with Crippen molar-refractivity contribution in [2.75, 3.05) is 13.2 Å². The van der Waals surface area contributed by atoms with Crippen molar-refractivity contribution in [2.45, 2.75) is 70.2 Å². The summed E-state index contributed by atoms with van der Waals surface area (Å²) < 4.78 is 68.6. The molecule has 7 heteroatoms. The average Bonchev–Trinajstić information content (AvgIpc) is 3.26. The number of hydrogen-bond donors (Lipinski definition) is 0. The van der Waals surface area contributed by atoms with E-state index in [-0.39, 0.29) is 18.1 Å². The molecule has 2 saturated carbocycles. The zero-order valence-electron chi connectivity index (χ0n) is 16.4. The van der Waals surface area contributed by atoms with Crippen LogP contribution in [0.2, 0.25) is 0 Å². The first-order chi connectivity index (χ1) is 14.0. The summed E-state index contributed by atoms with van der Waals surface area (Å²) in [4.78, 5) is 0. The van der Waals surface area contributed by atoms with Crippen molar-refractivity contribution in [1.82, 2.24) is 0 Å². The second kappa shape index (κ2) is 9.21. The first-order valence-electron chi connectivity index (χ1n) is 10.7. The molecule has 4 rings (SSSR count). The van der Waals surface area contributed by atoms with E-state index in [2.05, 4.69) is 4.74 Å². The predicted octanol–water partition coefficient (Wildman–Crippen LogP) is 6.02. The summed E-state index contributed by atoms with van der Waals surface area (Å²) >= 11 is 0. The number of rotatable bonds is 5. The maximum atomic E-state index is 14.0. The second-order valence-electron chi connectivity index (χ2n) is 8.64. The number of ether oxygens (including phenoxy) is 3. The Hall–Kier alpha value is -1.34.